The molecule has 1 aliphatic rings. The van der Waals surface area contributed by atoms with Gasteiger partial charge in [0, 0.05) is 17.4 Å². The first-order valence-electron chi connectivity index (χ1n) is 8.23. The molecule has 2 amide bonds. The minimum Gasteiger partial charge on any atom is -0.326 e. The van der Waals surface area contributed by atoms with Crippen molar-refractivity contribution in [2.24, 2.45) is 0 Å². The van der Waals surface area contributed by atoms with E-state index in [-0.39, 0.29) is 24.3 Å². The third-order valence-corrected chi connectivity index (χ3v) is 4.58. The maximum atomic E-state index is 12.6. The lowest BCUT2D eigenvalue weighted by molar-refractivity contribution is -0.125. The van der Waals surface area contributed by atoms with Crippen LogP contribution in [0.2, 0.25) is 0 Å². The monoisotopic (exact) mass is 322 g/mol. The van der Waals surface area contributed by atoms with Crippen molar-refractivity contribution in [2.75, 3.05) is 10.2 Å². The highest BCUT2D eigenvalue weighted by Gasteiger charge is 2.31. The van der Waals surface area contributed by atoms with Crippen LogP contribution in [0.4, 0.5) is 11.4 Å². The fourth-order valence-corrected chi connectivity index (χ4v) is 3.19. The maximum absolute atomic E-state index is 12.6. The van der Waals surface area contributed by atoms with Gasteiger partial charge in [-0.2, -0.15) is 0 Å². The van der Waals surface area contributed by atoms with E-state index in [1.807, 2.05) is 63.2 Å². The molecule has 1 atom stereocenters. The van der Waals surface area contributed by atoms with Gasteiger partial charge in [-0.05, 0) is 62.1 Å². The Morgan fingerprint density at radius 2 is 1.88 bits per heavy atom. The number of nitrogens with zero attached hydrogens (tertiary/aromatic N) is 1. The summed E-state index contributed by atoms with van der Waals surface area (Å²) in [6.07, 6.45) is 0.687. The molecule has 0 bridgehead atoms. The number of para-hydroxylation sites is 1. The predicted octanol–water partition coefficient (Wildman–Crippen LogP) is 3.61. The summed E-state index contributed by atoms with van der Waals surface area (Å²) in [5.74, 6) is -0.436. The highest BCUT2D eigenvalue weighted by molar-refractivity contribution is 6.10. The van der Waals surface area contributed by atoms with E-state index in [4.69, 9.17) is 0 Å². The molecule has 24 heavy (non-hydrogen) atoms. The first-order chi connectivity index (χ1) is 11.5. The predicted molar refractivity (Wildman–Crippen MR) is 96.3 cm³/mol. The second-order valence-corrected chi connectivity index (χ2v) is 6.47. The fraction of sp³-hybridized carbons (Fsp3) is 0.300. The van der Waals surface area contributed by atoms with E-state index in [0.717, 1.165) is 28.9 Å². The molecule has 4 heteroatoms. The molecule has 0 radical (unpaired) electrons. The second-order valence-electron chi connectivity index (χ2n) is 6.47. The third-order valence-electron chi connectivity index (χ3n) is 4.58. The molecule has 0 spiro atoms. The van der Waals surface area contributed by atoms with Crippen LogP contribution in [0.3, 0.4) is 0 Å². The average molecular weight is 322 g/mol. The van der Waals surface area contributed by atoms with Gasteiger partial charge in [-0.1, -0.05) is 24.3 Å². The number of hydrogen-bond acceptors (Lipinski definition) is 2. The number of benzene rings is 2. The molecule has 0 saturated heterocycles. The van der Waals surface area contributed by atoms with Crippen LogP contribution in [-0.4, -0.2) is 17.9 Å². The Hall–Kier alpha value is -2.62. The molecule has 0 fully saturated rings. The van der Waals surface area contributed by atoms with Crippen LogP contribution >= 0.6 is 0 Å². The summed E-state index contributed by atoms with van der Waals surface area (Å²) in [5.41, 5.74) is 5.10. The Labute approximate surface area is 142 Å². The summed E-state index contributed by atoms with van der Waals surface area (Å²) in [4.78, 5) is 26.6. The Morgan fingerprint density at radius 3 is 2.62 bits per heavy atom. The van der Waals surface area contributed by atoms with E-state index in [9.17, 15) is 9.59 Å². The number of aryl methyl sites for hydroxylation is 2. The zero-order valence-electron chi connectivity index (χ0n) is 14.3. The molecule has 0 aromatic heterocycles. The van der Waals surface area contributed by atoms with Crippen molar-refractivity contribution in [1.29, 1.82) is 0 Å². The van der Waals surface area contributed by atoms with Gasteiger partial charge in [-0.25, -0.2) is 0 Å². The molecular formula is C20H22N2O2. The van der Waals surface area contributed by atoms with Crippen LogP contribution in [0.15, 0.2) is 42.5 Å². The molecule has 0 aliphatic carbocycles. The van der Waals surface area contributed by atoms with Crippen molar-refractivity contribution < 1.29 is 9.59 Å². The van der Waals surface area contributed by atoms with Crippen LogP contribution in [0.1, 0.15) is 30.0 Å². The Bertz CT molecular complexity index is 798. The van der Waals surface area contributed by atoms with Crippen LogP contribution < -0.4 is 10.2 Å². The molecule has 4 nitrogen and oxygen atoms in total. The summed E-state index contributed by atoms with van der Waals surface area (Å²) < 4.78 is 0. The van der Waals surface area contributed by atoms with Crippen molar-refractivity contribution in [1.82, 2.24) is 0 Å². The number of carbonyl (C=O) groups excluding carboxylic acids is 2. The normalized spacial score (nSPS) is 16.0. The van der Waals surface area contributed by atoms with Gasteiger partial charge < -0.3 is 10.2 Å². The standard InChI is InChI=1S/C20H22N2O2/c1-13-8-9-17(10-14(13)2)21-19(23)12-20(24)22-15(3)11-16-6-4-5-7-18(16)22/h4-10,15H,11-12H2,1-3H3,(H,21,23). The molecule has 2 aromatic carbocycles. The van der Waals surface area contributed by atoms with E-state index in [0.29, 0.717) is 0 Å². The van der Waals surface area contributed by atoms with Crippen molar-refractivity contribution in [2.45, 2.75) is 39.7 Å². The summed E-state index contributed by atoms with van der Waals surface area (Å²) in [5, 5.41) is 2.82. The lowest BCUT2D eigenvalue weighted by Crippen LogP contribution is -2.37. The van der Waals surface area contributed by atoms with E-state index >= 15 is 0 Å². The van der Waals surface area contributed by atoms with Gasteiger partial charge >= 0.3 is 0 Å². The lowest BCUT2D eigenvalue weighted by atomic mass is 10.1. The van der Waals surface area contributed by atoms with Crippen LogP contribution in [0, 0.1) is 13.8 Å². The minimum absolute atomic E-state index is 0.0873. The van der Waals surface area contributed by atoms with Crippen LogP contribution in [0.25, 0.3) is 0 Å². The number of hydrogen-bond donors (Lipinski definition) is 1. The third kappa shape index (κ3) is 3.18. The van der Waals surface area contributed by atoms with Crippen LogP contribution in [-0.2, 0) is 16.0 Å². The summed E-state index contributed by atoms with van der Waals surface area (Å²) in [6, 6.07) is 13.7. The molecule has 1 N–H and O–H groups in total. The Morgan fingerprint density at radius 1 is 1.12 bits per heavy atom. The molecule has 2 aromatic rings. The summed E-state index contributed by atoms with van der Waals surface area (Å²) in [7, 11) is 0. The van der Waals surface area contributed by atoms with Gasteiger partial charge in [0.15, 0.2) is 0 Å². The minimum atomic E-state index is -0.278. The highest BCUT2D eigenvalue weighted by atomic mass is 16.2. The first kappa shape index (κ1) is 16.2. The van der Waals surface area contributed by atoms with E-state index in [2.05, 4.69) is 5.32 Å². The summed E-state index contributed by atoms with van der Waals surface area (Å²) >= 11 is 0. The van der Waals surface area contributed by atoms with Gasteiger partial charge in [-0.15, -0.1) is 0 Å². The molecule has 1 aliphatic heterocycles. The SMILES string of the molecule is Cc1ccc(NC(=O)CC(=O)N2c3ccccc3CC2C)cc1C. The number of nitrogens with one attached hydrogen (secondary N) is 1. The average Bonchev–Trinajstić information content (AvgIpc) is 2.86. The zero-order valence-corrected chi connectivity index (χ0v) is 14.3. The van der Waals surface area contributed by atoms with E-state index in [1.165, 1.54) is 5.56 Å². The van der Waals surface area contributed by atoms with Crippen LogP contribution in [0.5, 0.6) is 0 Å². The molecule has 124 valence electrons. The number of rotatable bonds is 3. The quantitative estimate of drug-likeness (QED) is 0.878. The highest BCUT2D eigenvalue weighted by Crippen LogP contribution is 2.32. The molecule has 0 saturated carbocycles. The number of fused-ring (bicyclic) bond motifs is 1. The van der Waals surface area contributed by atoms with Gasteiger partial charge in [0.2, 0.25) is 11.8 Å². The fourth-order valence-electron chi connectivity index (χ4n) is 3.19. The number of amides is 2. The largest absolute Gasteiger partial charge is 0.326 e. The second kappa shape index (κ2) is 6.48. The molecule has 1 heterocycles. The summed E-state index contributed by atoms with van der Waals surface area (Å²) in [6.45, 7) is 6.04. The van der Waals surface area contributed by atoms with Crippen molar-refractivity contribution in [3.8, 4) is 0 Å². The van der Waals surface area contributed by atoms with Crippen molar-refractivity contribution >= 4 is 23.2 Å². The smallest absolute Gasteiger partial charge is 0.236 e. The van der Waals surface area contributed by atoms with Gasteiger partial charge in [0.25, 0.3) is 0 Å². The topological polar surface area (TPSA) is 49.4 Å². The lowest BCUT2D eigenvalue weighted by Gasteiger charge is -2.22. The molecule has 3 rings (SSSR count). The first-order valence-corrected chi connectivity index (χ1v) is 8.23. The van der Waals surface area contributed by atoms with E-state index in [1.54, 1.807) is 4.90 Å². The van der Waals surface area contributed by atoms with Crippen molar-refractivity contribution in [3.63, 3.8) is 0 Å². The number of anilines is 2. The Balaban J connectivity index is 1.68. The maximum Gasteiger partial charge on any atom is 0.236 e. The van der Waals surface area contributed by atoms with Crippen molar-refractivity contribution in [3.05, 3.63) is 59.2 Å². The molecular weight excluding hydrogens is 300 g/mol. The van der Waals surface area contributed by atoms with E-state index < -0.39 is 0 Å². The van der Waals surface area contributed by atoms with Gasteiger partial charge in [0.1, 0.15) is 6.42 Å². The zero-order chi connectivity index (χ0) is 17.3. The molecule has 1 unspecified atom stereocenters. The van der Waals surface area contributed by atoms with Gasteiger partial charge in [-0.3, -0.25) is 9.59 Å². The van der Waals surface area contributed by atoms with Gasteiger partial charge in [0.05, 0.1) is 0 Å². The Kier molecular flexibility index (Phi) is 4.38. The number of carbonyl (C=O) groups is 2.